The molecule has 0 bridgehead atoms. The lowest BCUT2D eigenvalue weighted by atomic mass is 10.2. The number of nitrogens with zero attached hydrogens (tertiary/aromatic N) is 3. The van der Waals surface area contributed by atoms with Crippen LogP contribution in [-0.4, -0.2) is 67.3 Å². The predicted octanol–water partition coefficient (Wildman–Crippen LogP) is 2.17. The smallest absolute Gasteiger partial charge is 0.259 e. The Morgan fingerprint density at radius 1 is 1.04 bits per heavy atom. The molecule has 2 fully saturated rings. The molecular weight excluding hydrogens is 297 g/mol. The SMILES string of the molecule is CN1CCC[C@H]1COc1ccc(F)nc1OC[C@@H]1CCCN1C. The molecule has 128 valence electrons. The normalized spacial score (nSPS) is 25.9. The third-order valence-electron chi connectivity index (χ3n) is 4.98. The molecule has 6 heteroatoms. The van der Waals surface area contributed by atoms with Gasteiger partial charge in [0.05, 0.1) is 0 Å². The minimum Gasteiger partial charge on any atom is -0.486 e. The fourth-order valence-electron chi connectivity index (χ4n) is 3.36. The van der Waals surface area contributed by atoms with Gasteiger partial charge in [-0.05, 0) is 65.0 Å². The molecule has 0 radical (unpaired) electrons. The average molecular weight is 323 g/mol. The molecule has 0 N–H and O–H groups in total. The maximum atomic E-state index is 13.5. The van der Waals surface area contributed by atoms with Crippen LogP contribution in [0, 0.1) is 5.95 Å². The highest BCUT2D eigenvalue weighted by Crippen LogP contribution is 2.27. The van der Waals surface area contributed by atoms with Crippen LogP contribution >= 0.6 is 0 Å². The molecule has 2 saturated heterocycles. The first-order valence-electron chi connectivity index (χ1n) is 8.46. The van der Waals surface area contributed by atoms with Crippen LogP contribution in [0.1, 0.15) is 25.7 Å². The van der Waals surface area contributed by atoms with Crippen molar-refractivity contribution in [2.24, 2.45) is 0 Å². The predicted molar refractivity (Wildman–Crippen MR) is 86.5 cm³/mol. The van der Waals surface area contributed by atoms with Gasteiger partial charge in [0.2, 0.25) is 5.95 Å². The van der Waals surface area contributed by atoms with Gasteiger partial charge in [0.25, 0.3) is 5.88 Å². The van der Waals surface area contributed by atoms with Crippen LogP contribution in [0.2, 0.25) is 0 Å². The van der Waals surface area contributed by atoms with E-state index in [4.69, 9.17) is 9.47 Å². The molecule has 2 aliphatic rings. The molecule has 0 saturated carbocycles. The van der Waals surface area contributed by atoms with Crippen molar-refractivity contribution in [2.45, 2.75) is 37.8 Å². The fraction of sp³-hybridized carbons (Fsp3) is 0.706. The minimum absolute atomic E-state index is 0.269. The molecule has 2 atom stereocenters. The molecule has 1 aromatic heterocycles. The number of aromatic nitrogens is 1. The summed E-state index contributed by atoms with van der Waals surface area (Å²) in [5.41, 5.74) is 0. The zero-order valence-corrected chi connectivity index (χ0v) is 14.0. The second kappa shape index (κ2) is 7.45. The van der Waals surface area contributed by atoms with E-state index < -0.39 is 5.95 Å². The highest BCUT2D eigenvalue weighted by Gasteiger charge is 2.24. The molecule has 0 aromatic carbocycles. The van der Waals surface area contributed by atoms with Crippen molar-refractivity contribution >= 4 is 0 Å². The summed E-state index contributed by atoms with van der Waals surface area (Å²) in [6, 6.07) is 3.72. The van der Waals surface area contributed by atoms with Crippen molar-refractivity contribution in [3.05, 3.63) is 18.1 Å². The van der Waals surface area contributed by atoms with Gasteiger partial charge >= 0.3 is 0 Å². The molecule has 3 rings (SSSR count). The van der Waals surface area contributed by atoms with Crippen molar-refractivity contribution in [3.63, 3.8) is 0 Å². The largest absolute Gasteiger partial charge is 0.486 e. The summed E-state index contributed by atoms with van der Waals surface area (Å²) < 4.78 is 25.1. The second-order valence-corrected chi connectivity index (χ2v) is 6.61. The van der Waals surface area contributed by atoms with Crippen LogP contribution in [0.5, 0.6) is 11.6 Å². The number of hydrogen-bond donors (Lipinski definition) is 0. The van der Waals surface area contributed by atoms with Gasteiger partial charge in [-0.2, -0.15) is 9.37 Å². The van der Waals surface area contributed by atoms with E-state index in [1.807, 2.05) is 0 Å². The zero-order valence-electron chi connectivity index (χ0n) is 14.0. The van der Waals surface area contributed by atoms with E-state index in [1.54, 1.807) is 6.07 Å². The lowest BCUT2D eigenvalue weighted by molar-refractivity contribution is 0.168. The van der Waals surface area contributed by atoms with E-state index in [-0.39, 0.29) is 5.88 Å². The lowest BCUT2D eigenvalue weighted by Crippen LogP contribution is -2.31. The van der Waals surface area contributed by atoms with Gasteiger partial charge in [-0.25, -0.2) is 0 Å². The zero-order chi connectivity index (χ0) is 16.2. The van der Waals surface area contributed by atoms with Crippen LogP contribution in [0.3, 0.4) is 0 Å². The average Bonchev–Trinajstić information content (AvgIpc) is 3.13. The van der Waals surface area contributed by atoms with Crippen molar-refractivity contribution in [3.8, 4) is 11.6 Å². The van der Waals surface area contributed by atoms with Crippen molar-refractivity contribution in [2.75, 3.05) is 40.4 Å². The summed E-state index contributed by atoms with van der Waals surface area (Å²) in [6.45, 7) is 3.30. The molecule has 5 nitrogen and oxygen atoms in total. The summed E-state index contributed by atoms with van der Waals surface area (Å²) in [5.74, 6) is 0.267. The number of ether oxygens (including phenoxy) is 2. The van der Waals surface area contributed by atoms with E-state index in [2.05, 4.69) is 28.9 Å². The monoisotopic (exact) mass is 323 g/mol. The molecule has 0 aliphatic carbocycles. The van der Waals surface area contributed by atoms with E-state index in [0.717, 1.165) is 25.9 Å². The van der Waals surface area contributed by atoms with Crippen LogP contribution in [0.25, 0.3) is 0 Å². The third kappa shape index (κ3) is 4.12. The molecule has 2 aliphatic heterocycles. The summed E-state index contributed by atoms with van der Waals surface area (Å²) in [7, 11) is 4.20. The van der Waals surface area contributed by atoms with Gasteiger partial charge in [-0.1, -0.05) is 0 Å². The molecular formula is C17H26FN3O2. The molecule has 0 amide bonds. The van der Waals surface area contributed by atoms with Gasteiger partial charge in [-0.15, -0.1) is 0 Å². The number of likely N-dealkylation sites (tertiary alicyclic amines) is 2. The highest BCUT2D eigenvalue weighted by molar-refractivity contribution is 5.33. The Labute approximate surface area is 137 Å². The van der Waals surface area contributed by atoms with Crippen LogP contribution in [0.4, 0.5) is 4.39 Å². The van der Waals surface area contributed by atoms with Crippen molar-refractivity contribution in [1.29, 1.82) is 0 Å². The Morgan fingerprint density at radius 2 is 1.65 bits per heavy atom. The number of rotatable bonds is 6. The standard InChI is InChI=1S/C17H26FN3O2/c1-20-9-3-5-13(20)11-22-15-7-8-16(18)19-17(15)23-12-14-6-4-10-21(14)2/h7-8,13-14H,3-6,9-12H2,1-2H3/t13-,14-/m0/s1. The summed E-state index contributed by atoms with van der Waals surface area (Å²) in [4.78, 5) is 8.45. The highest BCUT2D eigenvalue weighted by atomic mass is 19.1. The van der Waals surface area contributed by atoms with Crippen molar-refractivity contribution < 1.29 is 13.9 Å². The summed E-state index contributed by atoms with van der Waals surface area (Å²) in [5, 5.41) is 0. The minimum atomic E-state index is -0.537. The number of pyridine rings is 1. The lowest BCUT2D eigenvalue weighted by Gasteiger charge is -2.22. The molecule has 1 aromatic rings. The van der Waals surface area contributed by atoms with E-state index >= 15 is 0 Å². The van der Waals surface area contributed by atoms with Crippen LogP contribution < -0.4 is 9.47 Å². The summed E-state index contributed by atoms with van der Waals surface area (Å²) >= 11 is 0. The molecule has 3 heterocycles. The Bertz CT molecular complexity index is 529. The fourth-order valence-corrected chi connectivity index (χ4v) is 3.36. The van der Waals surface area contributed by atoms with Crippen LogP contribution in [-0.2, 0) is 0 Å². The first kappa shape index (κ1) is 16.5. The Kier molecular flexibility index (Phi) is 5.33. The number of likely N-dealkylation sites (N-methyl/N-ethyl adjacent to an activating group) is 2. The second-order valence-electron chi connectivity index (χ2n) is 6.61. The first-order valence-corrected chi connectivity index (χ1v) is 8.46. The van der Waals surface area contributed by atoms with E-state index in [0.29, 0.717) is 31.0 Å². The maximum Gasteiger partial charge on any atom is 0.259 e. The Morgan fingerprint density at radius 3 is 2.22 bits per heavy atom. The first-order chi connectivity index (χ1) is 11.1. The van der Waals surface area contributed by atoms with Crippen LogP contribution in [0.15, 0.2) is 12.1 Å². The Hall–Kier alpha value is -1.40. The van der Waals surface area contributed by atoms with Gasteiger partial charge in [0.1, 0.15) is 13.2 Å². The van der Waals surface area contributed by atoms with E-state index in [1.165, 1.54) is 18.9 Å². The number of hydrogen-bond acceptors (Lipinski definition) is 5. The van der Waals surface area contributed by atoms with Gasteiger partial charge in [-0.3, -0.25) is 0 Å². The molecule has 0 spiro atoms. The maximum absolute atomic E-state index is 13.5. The molecule has 23 heavy (non-hydrogen) atoms. The third-order valence-corrected chi connectivity index (χ3v) is 4.98. The number of halogens is 1. The van der Waals surface area contributed by atoms with E-state index in [9.17, 15) is 4.39 Å². The van der Waals surface area contributed by atoms with Gasteiger partial charge in [0, 0.05) is 12.1 Å². The van der Waals surface area contributed by atoms with Gasteiger partial charge < -0.3 is 19.3 Å². The summed E-state index contributed by atoms with van der Waals surface area (Å²) in [6.07, 6.45) is 4.62. The quantitative estimate of drug-likeness (QED) is 0.750. The van der Waals surface area contributed by atoms with Crippen molar-refractivity contribution in [1.82, 2.24) is 14.8 Å². The topological polar surface area (TPSA) is 37.8 Å². The van der Waals surface area contributed by atoms with Gasteiger partial charge in [0.15, 0.2) is 5.75 Å². The Balaban J connectivity index is 1.60. The molecule has 0 unspecified atom stereocenters.